The Hall–Kier alpha value is -2.45. The predicted octanol–water partition coefficient (Wildman–Crippen LogP) is 3.14. The Bertz CT molecular complexity index is 941. The van der Waals surface area contributed by atoms with Crippen molar-refractivity contribution in [2.45, 2.75) is 37.1 Å². The van der Waals surface area contributed by atoms with Crippen molar-refractivity contribution in [2.24, 2.45) is 0 Å². The first-order chi connectivity index (χ1) is 14.3. The van der Waals surface area contributed by atoms with Crippen LogP contribution in [0.1, 0.15) is 31.2 Å². The second-order valence-electron chi connectivity index (χ2n) is 7.57. The lowest BCUT2D eigenvalue weighted by molar-refractivity contribution is -0.130. The van der Waals surface area contributed by atoms with Crippen molar-refractivity contribution in [1.29, 1.82) is 0 Å². The number of carbonyl (C=O) groups is 1. The number of hydrogen-bond donors (Lipinski definition) is 1. The Morgan fingerprint density at radius 1 is 1.03 bits per heavy atom. The minimum atomic E-state index is -3.76. The van der Waals surface area contributed by atoms with Gasteiger partial charge in [0.15, 0.2) is 0 Å². The van der Waals surface area contributed by atoms with E-state index >= 15 is 0 Å². The topological polar surface area (TPSA) is 69.7 Å². The molecule has 0 bridgehead atoms. The zero-order valence-electron chi connectivity index (χ0n) is 17.2. The van der Waals surface area contributed by atoms with Gasteiger partial charge in [0, 0.05) is 45.3 Å². The van der Waals surface area contributed by atoms with E-state index in [1.807, 2.05) is 12.1 Å². The third-order valence-electron chi connectivity index (χ3n) is 5.26. The number of halogens is 1. The fourth-order valence-corrected chi connectivity index (χ4v) is 4.54. The van der Waals surface area contributed by atoms with Crippen molar-refractivity contribution < 1.29 is 17.6 Å². The molecule has 1 aliphatic rings. The zero-order chi connectivity index (χ0) is 21.6. The molecule has 8 heteroatoms. The fraction of sp³-hybridized carbons (Fsp3) is 0.409. The maximum absolute atomic E-state index is 12.9. The molecule has 0 radical (unpaired) electrons. The number of piperidine rings is 1. The van der Waals surface area contributed by atoms with Crippen LogP contribution in [0.15, 0.2) is 53.4 Å². The van der Waals surface area contributed by atoms with Gasteiger partial charge in [-0.15, -0.1) is 0 Å². The maximum Gasteiger partial charge on any atom is 0.240 e. The fourth-order valence-electron chi connectivity index (χ4n) is 3.51. The highest BCUT2D eigenvalue weighted by molar-refractivity contribution is 7.89. The molecule has 1 amide bonds. The summed E-state index contributed by atoms with van der Waals surface area (Å²) in [5.74, 6) is -0.661. The molecular formula is C22H28FN3O3S. The van der Waals surface area contributed by atoms with Crippen molar-refractivity contribution in [2.75, 3.05) is 31.6 Å². The molecule has 1 N–H and O–H groups in total. The molecule has 1 saturated heterocycles. The Labute approximate surface area is 177 Å². The molecule has 2 aromatic rings. The summed E-state index contributed by atoms with van der Waals surface area (Å²) in [4.78, 5) is 16.3. The van der Waals surface area contributed by atoms with Crippen LogP contribution in [0.5, 0.6) is 0 Å². The summed E-state index contributed by atoms with van der Waals surface area (Å²) < 4.78 is 39.7. The van der Waals surface area contributed by atoms with Crippen LogP contribution < -0.4 is 9.62 Å². The number of carbonyl (C=O) groups excluding carboxylic acids is 1. The van der Waals surface area contributed by atoms with Crippen LogP contribution in [0.4, 0.5) is 10.1 Å². The SMILES string of the molecule is CN(Cc1ccc(N2CCCCC2)cc1)C(=O)CCNS(=O)(=O)c1ccc(F)cc1. The molecule has 1 aliphatic heterocycles. The molecule has 1 heterocycles. The number of benzene rings is 2. The number of nitrogens with one attached hydrogen (secondary N) is 1. The van der Waals surface area contributed by atoms with Crippen LogP contribution in [-0.4, -0.2) is 45.9 Å². The molecule has 0 atom stereocenters. The van der Waals surface area contributed by atoms with Gasteiger partial charge in [0.05, 0.1) is 4.90 Å². The molecule has 2 aromatic carbocycles. The van der Waals surface area contributed by atoms with E-state index in [0.717, 1.165) is 30.8 Å². The van der Waals surface area contributed by atoms with Crippen LogP contribution in [0.3, 0.4) is 0 Å². The molecule has 3 rings (SSSR count). The van der Waals surface area contributed by atoms with E-state index in [1.54, 1.807) is 11.9 Å². The lowest BCUT2D eigenvalue weighted by Crippen LogP contribution is -2.32. The van der Waals surface area contributed by atoms with Crippen LogP contribution in [-0.2, 0) is 21.4 Å². The van der Waals surface area contributed by atoms with Gasteiger partial charge in [-0.25, -0.2) is 17.5 Å². The number of hydrogen-bond acceptors (Lipinski definition) is 4. The summed E-state index contributed by atoms with van der Waals surface area (Å²) >= 11 is 0. The van der Waals surface area contributed by atoms with Gasteiger partial charge < -0.3 is 9.80 Å². The Morgan fingerprint density at radius 3 is 2.30 bits per heavy atom. The second-order valence-corrected chi connectivity index (χ2v) is 9.33. The predicted molar refractivity (Wildman–Crippen MR) is 115 cm³/mol. The van der Waals surface area contributed by atoms with E-state index in [9.17, 15) is 17.6 Å². The van der Waals surface area contributed by atoms with Crippen LogP contribution in [0.2, 0.25) is 0 Å². The van der Waals surface area contributed by atoms with Crippen molar-refractivity contribution >= 4 is 21.6 Å². The highest BCUT2D eigenvalue weighted by atomic mass is 32.2. The number of amides is 1. The molecular weight excluding hydrogens is 405 g/mol. The van der Waals surface area contributed by atoms with Gasteiger partial charge >= 0.3 is 0 Å². The summed E-state index contributed by atoms with van der Waals surface area (Å²) in [6.45, 7) is 2.62. The van der Waals surface area contributed by atoms with E-state index in [1.165, 1.54) is 37.1 Å². The van der Waals surface area contributed by atoms with Gasteiger partial charge in [-0.2, -0.15) is 0 Å². The molecule has 6 nitrogen and oxygen atoms in total. The quantitative estimate of drug-likeness (QED) is 0.694. The first kappa shape index (κ1) is 22.2. The van der Waals surface area contributed by atoms with E-state index in [4.69, 9.17) is 0 Å². The lowest BCUT2D eigenvalue weighted by atomic mass is 10.1. The summed E-state index contributed by atoms with van der Waals surface area (Å²) in [5.41, 5.74) is 2.24. The molecule has 0 spiro atoms. The Kier molecular flexibility index (Phi) is 7.44. The van der Waals surface area contributed by atoms with E-state index in [0.29, 0.717) is 6.54 Å². The molecule has 162 valence electrons. The van der Waals surface area contributed by atoms with Gasteiger partial charge in [0.2, 0.25) is 15.9 Å². The minimum Gasteiger partial charge on any atom is -0.372 e. The van der Waals surface area contributed by atoms with Crippen molar-refractivity contribution in [3.8, 4) is 0 Å². The lowest BCUT2D eigenvalue weighted by Gasteiger charge is -2.29. The highest BCUT2D eigenvalue weighted by Gasteiger charge is 2.16. The number of sulfonamides is 1. The largest absolute Gasteiger partial charge is 0.372 e. The molecule has 0 saturated carbocycles. The van der Waals surface area contributed by atoms with Crippen molar-refractivity contribution in [3.05, 3.63) is 59.9 Å². The first-order valence-corrected chi connectivity index (χ1v) is 11.7. The maximum atomic E-state index is 12.9. The van der Waals surface area contributed by atoms with Gasteiger partial charge in [-0.3, -0.25) is 4.79 Å². The normalized spacial score (nSPS) is 14.5. The molecule has 0 aromatic heterocycles. The summed E-state index contributed by atoms with van der Waals surface area (Å²) in [6, 6.07) is 12.8. The zero-order valence-corrected chi connectivity index (χ0v) is 18.0. The van der Waals surface area contributed by atoms with Gasteiger partial charge in [0.25, 0.3) is 0 Å². The van der Waals surface area contributed by atoms with E-state index < -0.39 is 15.8 Å². The van der Waals surface area contributed by atoms with E-state index in [2.05, 4.69) is 21.8 Å². The monoisotopic (exact) mass is 433 g/mol. The molecule has 30 heavy (non-hydrogen) atoms. The Morgan fingerprint density at radius 2 is 1.67 bits per heavy atom. The van der Waals surface area contributed by atoms with Crippen molar-refractivity contribution in [1.82, 2.24) is 9.62 Å². The van der Waals surface area contributed by atoms with E-state index in [-0.39, 0.29) is 23.8 Å². The average Bonchev–Trinajstić information content (AvgIpc) is 2.75. The third kappa shape index (κ3) is 6.03. The smallest absolute Gasteiger partial charge is 0.240 e. The van der Waals surface area contributed by atoms with Crippen LogP contribution in [0, 0.1) is 5.82 Å². The van der Waals surface area contributed by atoms with Gasteiger partial charge in [0.1, 0.15) is 5.82 Å². The summed E-state index contributed by atoms with van der Waals surface area (Å²) in [5, 5.41) is 0. The van der Waals surface area contributed by atoms with Gasteiger partial charge in [-0.05, 0) is 61.2 Å². The van der Waals surface area contributed by atoms with Crippen molar-refractivity contribution in [3.63, 3.8) is 0 Å². The number of nitrogens with zero attached hydrogens (tertiary/aromatic N) is 2. The Balaban J connectivity index is 1.46. The second kappa shape index (κ2) is 10.0. The average molecular weight is 434 g/mol. The number of anilines is 1. The minimum absolute atomic E-state index is 0.0171. The highest BCUT2D eigenvalue weighted by Crippen LogP contribution is 2.20. The summed E-state index contributed by atoms with van der Waals surface area (Å²) in [6.07, 6.45) is 3.79. The number of rotatable bonds is 8. The molecule has 1 fully saturated rings. The summed E-state index contributed by atoms with van der Waals surface area (Å²) in [7, 11) is -2.06. The van der Waals surface area contributed by atoms with Gasteiger partial charge in [-0.1, -0.05) is 12.1 Å². The molecule has 0 aliphatic carbocycles. The van der Waals surface area contributed by atoms with Crippen LogP contribution in [0.25, 0.3) is 0 Å². The standard InChI is InChI=1S/C22H28FN3O3S/c1-25(17-18-5-9-20(10-6-18)26-15-3-2-4-16-26)22(27)13-14-24-30(28,29)21-11-7-19(23)8-12-21/h5-12,24H,2-4,13-17H2,1H3. The third-order valence-corrected chi connectivity index (χ3v) is 6.73. The molecule has 0 unspecified atom stereocenters. The first-order valence-electron chi connectivity index (χ1n) is 10.2. The van der Waals surface area contributed by atoms with Crippen LogP contribution >= 0.6 is 0 Å².